The summed E-state index contributed by atoms with van der Waals surface area (Å²) in [6, 6.07) is 9.74. The molecule has 1 aromatic heterocycles. The number of rotatable bonds is 25. The molecule has 0 saturated carbocycles. The van der Waals surface area contributed by atoms with Gasteiger partial charge in [0.1, 0.15) is 5.75 Å². The van der Waals surface area contributed by atoms with Crippen LogP contribution in [0.3, 0.4) is 0 Å². The van der Waals surface area contributed by atoms with Gasteiger partial charge in [0.05, 0.1) is 13.2 Å². The maximum absolute atomic E-state index is 5.99. The molecule has 0 fully saturated rings. The van der Waals surface area contributed by atoms with Crippen molar-refractivity contribution in [3.63, 3.8) is 0 Å². The van der Waals surface area contributed by atoms with Gasteiger partial charge in [-0.2, -0.15) is 0 Å². The molecule has 0 amide bonds. The first kappa shape index (κ1) is 38.5. The van der Waals surface area contributed by atoms with E-state index in [0.29, 0.717) is 11.8 Å². The van der Waals surface area contributed by atoms with Gasteiger partial charge in [-0.25, -0.2) is 0 Å². The summed E-state index contributed by atoms with van der Waals surface area (Å²) in [7, 11) is -2.96. The Bertz CT molecular complexity index is 996. The van der Waals surface area contributed by atoms with E-state index in [1.165, 1.54) is 62.7 Å². The third kappa shape index (κ3) is 18.8. The van der Waals surface area contributed by atoms with Crippen LogP contribution in [0.2, 0.25) is 63.2 Å². The summed E-state index contributed by atoms with van der Waals surface area (Å²) in [6.45, 7) is 19.8. The maximum Gasteiger partial charge on any atom is 0.294 e. The molecule has 1 aromatic carbocycles. The Hall–Kier alpha value is -0.679. The van der Waals surface area contributed by atoms with Crippen LogP contribution in [-0.2, 0) is 0 Å². The number of hydrogen-bond acceptors (Lipinski definition) is 5. The van der Waals surface area contributed by atoms with Crippen molar-refractivity contribution in [2.75, 3.05) is 19.1 Å². The highest BCUT2D eigenvalue weighted by Gasteiger charge is 2.34. The Labute approximate surface area is 277 Å². The monoisotopic (exact) mass is 682 g/mol. The van der Waals surface area contributed by atoms with Gasteiger partial charge in [-0.1, -0.05) is 144 Å². The summed E-state index contributed by atoms with van der Waals surface area (Å²) in [5.41, 5.74) is 4.29. The molecule has 0 saturated heterocycles. The second-order valence-corrected chi connectivity index (χ2v) is 33.8. The largest absolute Gasteiger partial charge is 0.494 e. The number of halogens is 1. The fraction of sp³-hybridized carbons (Fsp3) is 0.765. The van der Waals surface area contributed by atoms with Gasteiger partial charge in [0.15, 0.2) is 5.01 Å². The van der Waals surface area contributed by atoms with Crippen molar-refractivity contribution in [2.24, 2.45) is 0 Å². The van der Waals surface area contributed by atoms with Crippen LogP contribution in [0, 0.1) is 0 Å². The lowest BCUT2D eigenvalue weighted by atomic mass is 10.1. The van der Waals surface area contributed by atoms with Crippen molar-refractivity contribution in [3.8, 4) is 21.5 Å². The number of nitrogens with zero attached hydrogens (tertiary/aromatic N) is 2. The van der Waals surface area contributed by atoms with Crippen LogP contribution in [0.5, 0.6) is 10.9 Å². The Morgan fingerprint density at radius 2 is 1.14 bits per heavy atom. The zero-order valence-corrected chi connectivity index (χ0v) is 33.3. The molecule has 1 heterocycles. The van der Waals surface area contributed by atoms with Crippen LogP contribution in [0.4, 0.5) is 0 Å². The Balaban J connectivity index is 1.47. The fourth-order valence-electron chi connectivity index (χ4n) is 6.80. The molecule has 0 atom stereocenters. The van der Waals surface area contributed by atoms with E-state index < -0.39 is 24.2 Å². The normalized spacial score (nSPS) is 12.6. The number of alkyl halides is 1. The van der Waals surface area contributed by atoms with Crippen LogP contribution < -0.4 is 9.47 Å². The van der Waals surface area contributed by atoms with Gasteiger partial charge in [-0.05, 0) is 43.5 Å². The van der Waals surface area contributed by atoms with E-state index in [9.17, 15) is 0 Å². The molecule has 0 aliphatic carbocycles. The molecule has 0 aliphatic heterocycles. The average Bonchev–Trinajstić information content (AvgIpc) is 3.38. The first-order valence-corrected chi connectivity index (χ1v) is 29.0. The molecule has 9 heteroatoms. The van der Waals surface area contributed by atoms with Crippen molar-refractivity contribution >= 4 is 47.2 Å². The highest BCUT2D eigenvalue weighted by molar-refractivity contribution is 7.16. The minimum atomic E-state index is -1.02. The summed E-state index contributed by atoms with van der Waals surface area (Å²) in [5, 5.41) is 10.0. The molecule has 246 valence electrons. The molecule has 0 bridgehead atoms. The van der Waals surface area contributed by atoms with Crippen molar-refractivity contribution in [1.29, 1.82) is 0 Å². The van der Waals surface area contributed by atoms with Crippen LogP contribution >= 0.6 is 22.9 Å². The molecule has 0 N–H and O–H groups in total. The second kappa shape index (κ2) is 20.4. The molecule has 2 aromatic rings. The molecule has 2 rings (SSSR count). The van der Waals surface area contributed by atoms with E-state index in [4.69, 9.17) is 21.1 Å². The number of aromatic nitrogens is 2. The van der Waals surface area contributed by atoms with Gasteiger partial charge >= 0.3 is 0 Å². The topological polar surface area (TPSA) is 44.2 Å². The summed E-state index contributed by atoms with van der Waals surface area (Å²) < 4.78 is 11.8. The van der Waals surface area contributed by atoms with Crippen molar-refractivity contribution in [1.82, 2.24) is 10.2 Å². The molecule has 4 nitrogen and oxygen atoms in total. The van der Waals surface area contributed by atoms with Gasteiger partial charge in [0, 0.05) is 35.7 Å². The Morgan fingerprint density at radius 1 is 0.605 bits per heavy atom. The van der Waals surface area contributed by atoms with Gasteiger partial charge in [0.2, 0.25) is 0 Å². The van der Waals surface area contributed by atoms with Gasteiger partial charge in [-0.3, -0.25) is 0 Å². The summed E-state index contributed by atoms with van der Waals surface area (Å²) in [4.78, 5) is 0. The first-order valence-electron chi connectivity index (χ1n) is 17.1. The number of hydrogen-bond donors (Lipinski definition) is 0. The molecule has 0 spiro atoms. The van der Waals surface area contributed by atoms with E-state index in [-0.39, 0.29) is 0 Å². The van der Waals surface area contributed by atoms with E-state index in [1.54, 1.807) is 17.4 Å². The van der Waals surface area contributed by atoms with Gasteiger partial charge < -0.3 is 9.47 Å². The lowest BCUT2D eigenvalue weighted by molar-refractivity contribution is 0.301. The summed E-state index contributed by atoms with van der Waals surface area (Å²) in [6.07, 6.45) is 16.6. The molecule has 0 unspecified atom stereocenters. The maximum atomic E-state index is 5.99. The van der Waals surface area contributed by atoms with Crippen LogP contribution in [0.1, 0.15) is 83.5 Å². The molecular weight excluding hydrogens is 620 g/mol. The summed E-state index contributed by atoms with van der Waals surface area (Å²) in [5.74, 6) is 1.67. The SMILES string of the molecule is C[Si](C)(C)C[Si](C)(C)C[Si](C)(C)CCCCCCCCCCCOc1ccc(-c2nnc(OCCCCCCCl)s2)cc1. The fourth-order valence-corrected chi connectivity index (χ4v) is 33.1. The Kier molecular flexibility index (Phi) is 18.3. The van der Waals surface area contributed by atoms with Crippen LogP contribution in [-0.4, -0.2) is 53.5 Å². The molecule has 0 aliphatic rings. The minimum Gasteiger partial charge on any atom is -0.494 e. The van der Waals surface area contributed by atoms with E-state index in [0.717, 1.165) is 60.9 Å². The third-order valence-electron chi connectivity index (χ3n) is 7.99. The van der Waals surface area contributed by atoms with Crippen LogP contribution in [0.25, 0.3) is 10.6 Å². The van der Waals surface area contributed by atoms with Crippen molar-refractivity contribution < 1.29 is 9.47 Å². The molecular formula is C34H63ClN2O2SSi3. The average molecular weight is 684 g/mol. The quantitative estimate of drug-likeness (QED) is 0.0594. The number of unbranched alkanes of at least 4 members (excludes halogenated alkanes) is 11. The zero-order valence-electron chi connectivity index (χ0n) is 28.7. The van der Waals surface area contributed by atoms with Crippen molar-refractivity contribution in [2.45, 2.75) is 147 Å². The number of ether oxygens (including phenoxy) is 2. The van der Waals surface area contributed by atoms with E-state index in [2.05, 4.69) is 68.2 Å². The lowest BCUT2D eigenvalue weighted by Crippen LogP contribution is -2.44. The zero-order chi connectivity index (χ0) is 31.6. The highest BCUT2D eigenvalue weighted by atomic mass is 35.5. The standard InChI is InChI=1S/C34H63ClN2O2SSi3/c1-41(2,3)29-43(6,7)30-42(4,5)28-20-16-12-10-8-9-11-14-18-26-38-32-23-21-31(22-24-32)33-36-37-34(40-33)39-27-19-15-13-17-25-35/h21-24H,8-20,25-30H2,1-7H3. The molecule has 43 heavy (non-hydrogen) atoms. The van der Waals surface area contributed by atoms with Gasteiger partial charge in [0.25, 0.3) is 5.19 Å². The number of benzene rings is 1. The smallest absolute Gasteiger partial charge is 0.294 e. The second-order valence-electron chi connectivity index (χ2n) is 15.4. The third-order valence-corrected chi connectivity index (χ3v) is 26.6. The van der Waals surface area contributed by atoms with E-state index >= 15 is 0 Å². The highest BCUT2D eigenvalue weighted by Crippen LogP contribution is 2.31. The predicted octanol–water partition coefficient (Wildman–Crippen LogP) is 12.1. The van der Waals surface area contributed by atoms with Crippen LogP contribution in [0.15, 0.2) is 24.3 Å². The lowest BCUT2D eigenvalue weighted by Gasteiger charge is -2.36. The molecule has 0 radical (unpaired) electrons. The van der Waals surface area contributed by atoms with E-state index in [1.807, 2.05) is 12.1 Å². The van der Waals surface area contributed by atoms with Gasteiger partial charge in [-0.15, -0.1) is 16.7 Å². The van der Waals surface area contributed by atoms with Crippen molar-refractivity contribution in [3.05, 3.63) is 24.3 Å². The predicted molar refractivity (Wildman–Crippen MR) is 200 cm³/mol. The Morgan fingerprint density at radius 3 is 1.72 bits per heavy atom. The minimum absolute atomic E-state index is 0.641. The first-order chi connectivity index (χ1) is 20.4. The summed E-state index contributed by atoms with van der Waals surface area (Å²) >= 11 is 7.22.